The van der Waals surface area contributed by atoms with E-state index < -0.39 is 17.3 Å². The van der Waals surface area contributed by atoms with Gasteiger partial charge in [0.25, 0.3) is 5.91 Å². The second-order valence-electron chi connectivity index (χ2n) is 4.05. The number of halogens is 1. The first-order valence-electron chi connectivity index (χ1n) is 4.75. The fraction of sp³-hybridized carbons (Fsp3) is 0.364. The summed E-state index contributed by atoms with van der Waals surface area (Å²) in [5.41, 5.74) is -0.442. The van der Waals surface area contributed by atoms with E-state index in [0.29, 0.717) is 0 Å². The van der Waals surface area contributed by atoms with Crippen molar-refractivity contribution in [3.05, 3.63) is 29.8 Å². The molecule has 0 spiro atoms. The second kappa shape index (κ2) is 4.71. The number of hydrogen-bond acceptors (Lipinski definition) is 3. The quantitative estimate of drug-likeness (QED) is 0.786. The van der Waals surface area contributed by atoms with Crippen LogP contribution < -0.4 is 5.32 Å². The van der Waals surface area contributed by atoms with Gasteiger partial charge in [-0.3, -0.25) is 4.79 Å². The summed E-state index contributed by atoms with van der Waals surface area (Å²) in [4.78, 5) is 14.9. The lowest BCUT2D eigenvalue weighted by Crippen LogP contribution is -2.33. The van der Waals surface area contributed by atoms with Gasteiger partial charge in [-0.05, 0) is 19.9 Å². The van der Waals surface area contributed by atoms with Gasteiger partial charge in [0.15, 0.2) is 0 Å². The summed E-state index contributed by atoms with van der Waals surface area (Å²) in [5, 5.41) is 11.3. The van der Waals surface area contributed by atoms with E-state index in [1.54, 1.807) is 13.8 Å². The van der Waals surface area contributed by atoms with Gasteiger partial charge in [0.1, 0.15) is 0 Å². The molecular formula is C11H12FN3O. The predicted octanol–water partition coefficient (Wildman–Crippen LogP) is 1.50. The van der Waals surface area contributed by atoms with Crippen molar-refractivity contribution in [1.82, 2.24) is 10.3 Å². The monoisotopic (exact) mass is 221 g/mol. The molecule has 0 saturated heterocycles. The molecule has 1 N–H and O–H groups in total. The Bertz CT molecular complexity index is 437. The van der Waals surface area contributed by atoms with E-state index >= 15 is 0 Å². The molecule has 0 radical (unpaired) electrons. The van der Waals surface area contributed by atoms with Gasteiger partial charge in [-0.15, -0.1) is 0 Å². The third-order valence-corrected chi connectivity index (χ3v) is 1.98. The van der Waals surface area contributed by atoms with Crippen LogP contribution in [0.3, 0.4) is 0 Å². The van der Waals surface area contributed by atoms with E-state index in [2.05, 4.69) is 16.4 Å². The van der Waals surface area contributed by atoms with Crippen LogP contribution in [-0.4, -0.2) is 17.4 Å². The average molecular weight is 221 g/mol. The van der Waals surface area contributed by atoms with Crippen LogP contribution in [0.1, 0.15) is 24.2 Å². The molecule has 0 fully saturated rings. The zero-order valence-corrected chi connectivity index (χ0v) is 9.12. The molecule has 1 heterocycles. The molecule has 0 aliphatic heterocycles. The topological polar surface area (TPSA) is 65.8 Å². The highest BCUT2D eigenvalue weighted by Crippen LogP contribution is 2.11. The first kappa shape index (κ1) is 12.1. The highest BCUT2D eigenvalue weighted by atomic mass is 19.1. The van der Waals surface area contributed by atoms with Crippen LogP contribution in [0.25, 0.3) is 0 Å². The lowest BCUT2D eigenvalue weighted by molar-refractivity contribution is 0.0943. The Kier molecular flexibility index (Phi) is 3.56. The lowest BCUT2D eigenvalue weighted by Gasteiger charge is -2.15. The van der Waals surface area contributed by atoms with Gasteiger partial charge in [0.2, 0.25) is 5.95 Å². The van der Waals surface area contributed by atoms with Crippen molar-refractivity contribution in [3.8, 4) is 6.07 Å². The minimum Gasteiger partial charge on any atom is -0.350 e. The van der Waals surface area contributed by atoms with Crippen LogP contribution in [0.5, 0.6) is 0 Å². The van der Waals surface area contributed by atoms with Crippen molar-refractivity contribution in [1.29, 1.82) is 5.26 Å². The predicted molar refractivity (Wildman–Crippen MR) is 55.9 cm³/mol. The number of nitrogens with zero attached hydrogens (tertiary/aromatic N) is 2. The van der Waals surface area contributed by atoms with Crippen LogP contribution >= 0.6 is 0 Å². The maximum atomic E-state index is 12.7. The molecule has 1 aromatic heterocycles. The maximum Gasteiger partial charge on any atom is 0.251 e. The third kappa shape index (κ3) is 3.31. The lowest BCUT2D eigenvalue weighted by atomic mass is 9.96. The molecule has 84 valence electrons. The van der Waals surface area contributed by atoms with Gasteiger partial charge < -0.3 is 5.32 Å². The Hall–Kier alpha value is -1.96. The molecule has 4 nitrogen and oxygen atoms in total. The summed E-state index contributed by atoms with van der Waals surface area (Å²) in [6, 6.07) is 4.52. The summed E-state index contributed by atoms with van der Waals surface area (Å²) in [5.74, 6) is -1.11. The van der Waals surface area contributed by atoms with Crippen molar-refractivity contribution in [2.45, 2.75) is 13.8 Å². The van der Waals surface area contributed by atoms with Gasteiger partial charge in [-0.2, -0.15) is 9.65 Å². The van der Waals surface area contributed by atoms with Gasteiger partial charge in [-0.1, -0.05) is 0 Å². The second-order valence-corrected chi connectivity index (χ2v) is 4.05. The Balaban J connectivity index is 2.64. The number of aromatic nitrogens is 1. The minimum absolute atomic E-state index is 0.196. The van der Waals surface area contributed by atoms with E-state index in [1.165, 1.54) is 12.3 Å². The van der Waals surface area contributed by atoms with Gasteiger partial charge in [0.05, 0.1) is 11.5 Å². The summed E-state index contributed by atoms with van der Waals surface area (Å²) >= 11 is 0. The van der Waals surface area contributed by atoms with Gasteiger partial charge in [-0.25, -0.2) is 4.98 Å². The Morgan fingerprint density at radius 2 is 2.38 bits per heavy atom. The first-order valence-corrected chi connectivity index (χ1v) is 4.75. The van der Waals surface area contributed by atoms with Crippen LogP contribution in [0.15, 0.2) is 18.3 Å². The van der Waals surface area contributed by atoms with Crippen molar-refractivity contribution in [2.75, 3.05) is 6.54 Å². The molecular weight excluding hydrogens is 209 g/mol. The molecule has 0 aromatic carbocycles. The SMILES string of the molecule is CC(C)(C#N)CNC(=O)c1ccnc(F)c1. The zero-order chi connectivity index (χ0) is 12.2. The normalized spacial score (nSPS) is 10.6. The Labute approximate surface area is 93.1 Å². The van der Waals surface area contributed by atoms with E-state index in [4.69, 9.17) is 5.26 Å². The highest BCUT2D eigenvalue weighted by Gasteiger charge is 2.18. The zero-order valence-electron chi connectivity index (χ0n) is 9.12. The molecule has 0 atom stereocenters. The first-order chi connectivity index (χ1) is 7.44. The Morgan fingerprint density at radius 1 is 1.69 bits per heavy atom. The number of carbonyl (C=O) groups is 1. The average Bonchev–Trinajstić information content (AvgIpc) is 2.26. The van der Waals surface area contributed by atoms with Crippen LogP contribution in [0.4, 0.5) is 4.39 Å². The highest BCUT2D eigenvalue weighted by molar-refractivity contribution is 5.94. The largest absolute Gasteiger partial charge is 0.350 e. The van der Waals surface area contributed by atoms with Gasteiger partial charge >= 0.3 is 0 Å². The fourth-order valence-electron chi connectivity index (χ4n) is 0.987. The molecule has 0 aliphatic carbocycles. The number of rotatable bonds is 3. The summed E-state index contributed by atoms with van der Waals surface area (Å²) < 4.78 is 12.7. The number of hydrogen-bond donors (Lipinski definition) is 1. The molecule has 1 rings (SSSR count). The van der Waals surface area contributed by atoms with E-state index in [-0.39, 0.29) is 12.1 Å². The molecule has 0 unspecified atom stereocenters. The molecule has 1 aromatic rings. The number of pyridine rings is 1. The molecule has 0 saturated carbocycles. The summed E-state index contributed by atoms with van der Waals surface area (Å²) in [7, 11) is 0. The molecule has 5 heteroatoms. The van der Waals surface area contributed by atoms with E-state index in [9.17, 15) is 9.18 Å². The number of carbonyl (C=O) groups excluding carboxylic acids is 1. The van der Waals surface area contributed by atoms with Crippen LogP contribution in [0.2, 0.25) is 0 Å². The fourth-order valence-corrected chi connectivity index (χ4v) is 0.987. The Morgan fingerprint density at radius 3 is 2.94 bits per heavy atom. The minimum atomic E-state index is -0.702. The standard InChI is InChI=1S/C11H12FN3O/c1-11(2,6-13)7-15-10(16)8-3-4-14-9(12)5-8/h3-5H,7H2,1-2H3,(H,15,16). The summed E-state index contributed by atoms with van der Waals surface area (Å²) in [6.45, 7) is 3.63. The molecule has 1 amide bonds. The molecule has 0 bridgehead atoms. The summed E-state index contributed by atoms with van der Waals surface area (Å²) in [6.07, 6.45) is 1.22. The van der Waals surface area contributed by atoms with Crippen molar-refractivity contribution in [2.24, 2.45) is 5.41 Å². The van der Waals surface area contributed by atoms with E-state index in [0.717, 1.165) is 6.07 Å². The third-order valence-electron chi connectivity index (χ3n) is 1.98. The van der Waals surface area contributed by atoms with Crippen molar-refractivity contribution in [3.63, 3.8) is 0 Å². The van der Waals surface area contributed by atoms with Crippen LogP contribution in [-0.2, 0) is 0 Å². The maximum absolute atomic E-state index is 12.7. The smallest absolute Gasteiger partial charge is 0.251 e. The van der Waals surface area contributed by atoms with Crippen molar-refractivity contribution >= 4 is 5.91 Å². The van der Waals surface area contributed by atoms with E-state index in [1.807, 2.05) is 0 Å². The number of nitriles is 1. The van der Waals surface area contributed by atoms with Crippen LogP contribution in [0, 0.1) is 22.7 Å². The molecule has 0 aliphatic rings. The van der Waals surface area contributed by atoms with Crippen molar-refractivity contribution < 1.29 is 9.18 Å². The number of nitrogens with one attached hydrogen (secondary N) is 1. The molecule has 16 heavy (non-hydrogen) atoms. The van der Waals surface area contributed by atoms with Gasteiger partial charge in [0, 0.05) is 24.4 Å². The number of amides is 1.